The fraction of sp³-hybridized carbons (Fsp3) is 0.250. The number of imidazole rings is 1. The third-order valence-electron chi connectivity index (χ3n) is 2.58. The summed E-state index contributed by atoms with van der Waals surface area (Å²) in [5.41, 5.74) is 1.38. The molecule has 1 N–H and O–H groups in total. The van der Waals surface area contributed by atoms with Gasteiger partial charge < -0.3 is 9.67 Å². The number of aromatic nitrogens is 2. The number of hydrogen-bond acceptors (Lipinski definition) is 3. The second kappa shape index (κ2) is 5.86. The van der Waals surface area contributed by atoms with Crippen LogP contribution in [-0.4, -0.2) is 14.7 Å². The van der Waals surface area contributed by atoms with Crippen LogP contribution in [0.5, 0.6) is 0 Å². The van der Waals surface area contributed by atoms with Crippen LogP contribution < -0.4 is 0 Å². The first-order valence-corrected chi connectivity index (χ1v) is 7.08. The fourth-order valence-corrected chi connectivity index (χ4v) is 2.78. The smallest absolute Gasteiger partial charge is 0.168 e. The maximum atomic E-state index is 13.6. The summed E-state index contributed by atoms with van der Waals surface area (Å²) < 4.78 is 16.2. The molecule has 6 heteroatoms. The molecular formula is C12H12BrFN2OS. The van der Waals surface area contributed by atoms with Gasteiger partial charge >= 0.3 is 0 Å². The topological polar surface area (TPSA) is 38.0 Å². The number of thioether (sulfide) groups is 1. The minimum absolute atomic E-state index is 0.0449. The Hall–Kier alpha value is -0.850. The predicted molar refractivity (Wildman–Crippen MR) is 72.8 cm³/mol. The second-order valence-electron chi connectivity index (χ2n) is 3.77. The van der Waals surface area contributed by atoms with Gasteiger partial charge in [0.1, 0.15) is 5.82 Å². The Kier molecular flexibility index (Phi) is 4.42. The quantitative estimate of drug-likeness (QED) is 0.875. The molecule has 96 valence electrons. The lowest BCUT2D eigenvalue weighted by atomic mass is 10.2. The van der Waals surface area contributed by atoms with Gasteiger partial charge in [0.15, 0.2) is 5.16 Å². The molecule has 0 aliphatic carbocycles. The van der Waals surface area contributed by atoms with Gasteiger partial charge in [-0.25, -0.2) is 9.37 Å². The summed E-state index contributed by atoms with van der Waals surface area (Å²) in [6.07, 6.45) is 1.63. The Balaban J connectivity index is 2.09. The normalized spacial score (nSPS) is 10.9. The molecule has 0 saturated carbocycles. The number of halogens is 2. The van der Waals surface area contributed by atoms with Crippen molar-refractivity contribution in [3.05, 3.63) is 45.9 Å². The van der Waals surface area contributed by atoms with E-state index in [4.69, 9.17) is 5.11 Å². The molecule has 1 aromatic heterocycles. The van der Waals surface area contributed by atoms with Crippen LogP contribution in [0.25, 0.3) is 0 Å². The van der Waals surface area contributed by atoms with E-state index in [0.717, 1.165) is 15.3 Å². The van der Waals surface area contributed by atoms with Crippen molar-refractivity contribution in [2.45, 2.75) is 17.5 Å². The number of hydrogen-bond donors (Lipinski definition) is 1. The van der Waals surface area contributed by atoms with E-state index in [2.05, 4.69) is 20.9 Å². The Bertz CT molecular complexity index is 559. The maximum absolute atomic E-state index is 13.6. The summed E-state index contributed by atoms with van der Waals surface area (Å²) in [4.78, 5) is 4.18. The Morgan fingerprint density at radius 1 is 1.50 bits per heavy atom. The van der Waals surface area contributed by atoms with Gasteiger partial charge in [0.25, 0.3) is 0 Å². The molecule has 0 unspecified atom stereocenters. The first-order valence-electron chi connectivity index (χ1n) is 5.30. The summed E-state index contributed by atoms with van der Waals surface area (Å²) in [6, 6.07) is 5.02. The Morgan fingerprint density at radius 3 is 2.89 bits per heavy atom. The average molecular weight is 331 g/mol. The van der Waals surface area contributed by atoms with Crippen molar-refractivity contribution in [1.29, 1.82) is 0 Å². The molecule has 1 aromatic carbocycles. The molecule has 1 heterocycles. The highest BCUT2D eigenvalue weighted by atomic mass is 79.9. The van der Waals surface area contributed by atoms with Crippen molar-refractivity contribution >= 4 is 27.7 Å². The third-order valence-corrected chi connectivity index (χ3v) is 4.16. The summed E-state index contributed by atoms with van der Waals surface area (Å²) in [5, 5.41) is 9.82. The van der Waals surface area contributed by atoms with Gasteiger partial charge in [0.2, 0.25) is 0 Å². The number of nitrogens with zero attached hydrogens (tertiary/aromatic N) is 2. The van der Waals surface area contributed by atoms with E-state index >= 15 is 0 Å². The summed E-state index contributed by atoms with van der Waals surface area (Å²) in [5.74, 6) is 0.280. The zero-order valence-electron chi connectivity index (χ0n) is 9.73. The molecule has 0 bridgehead atoms. The van der Waals surface area contributed by atoms with Gasteiger partial charge in [0.05, 0.1) is 18.5 Å². The monoisotopic (exact) mass is 330 g/mol. The highest BCUT2D eigenvalue weighted by Crippen LogP contribution is 2.25. The van der Waals surface area contributed by atoms with Crippen molar-refractivity contribution in [1.82, 2.24) is 9.55 Å². The van der Waals surface area contributed by atoms with E-state index in [1.807, 2.05) is 13.1 Å². The van der Waals surface area contributed by atoms with Gasteiger partial charge in [-0.1, -0.05) is 33.8 Å². The SMILES string of the molecule is Cn1c(CO)cnc1SCc1ccc(Br)cc1F. The Labute approximate surface area is 117 Å². The zero-order valence-corrected chi connectivity index (χ0v) is 12.1. The van der Waals surface area contributed by atoms with Crippen LogP contribution in [0, 0.1) is 5.82 Å². The first kappa shape index (κ1) is 13.6. The van der Waals surface area contributed by atoms with Gasteiger partial charge in [-0.05, 0) is 17.7 Å². The molecule has 2 aromatic rings. The van der Waals surface area contributed by atoms with Crippen LogP contribution in [-0.2, 0) is 19.4 Å². The van der Waals surface area contributed by atoms with Crippen molar-refractivity contribution in [2.24, 2.45) is 7.05 Å². The molecule has 0 fully saturated rings. The van der Waals surface area contributed by atoms with Crippen LogP contribution in [0.15, 0.2) is 34.0 Å². The summed E-state index contributed by atoms with van der Waals surface area (Å²) in [7, 11) is 1.83. The van der Waals surface area contributed by atoms with Gasteiger partial charge in [-0.3, -0.25) is 0 Å². The summed E-state index contributed by atoms with van der Waals surface area (Å²) in [6.45, 7) is -0.0449. The van der Waals surface area contributed by atoms with E-state index < -0.39 is 0 Å². The molecule has 0 aliphatic heterocycles. The highest BCUT2D eigenvalue weighted by Gasteiger charge is 2.08. The Morgan fingerprint density at radius 2 is 2.28 bits per heavy atom. The number of rotatable bonds is 4. The standard InChI is InChI=1S/C12H12BrFN2OS/c1-16-10(6-17)5-15-12(16)18-7-8-2-3-9(13)4-11(8)14/h2-5,17H,6-7H2,1H3. The van der Waals surface area contributed by atoms with E-state index in [9.17, 15) is 4.39 Å². The van der Waals surface area contributed by atoms with Crippen LogP contribution in [0.2, 0.25) is 0 Å². The van der Waals surface area contributed by atoms with Crippen LogP contribution >= 0.6 is 27.7 Å². The fourth-order valence-electron chi connectivity index (χ4n) is 1.49. The molecule has 3 nitrogen and oxygen atoms in total. The van der Waals surface area contributed by atoms with E-state index in [0.29, 0.717) is 11.3 Å². The molecule has 18 heavy (non-hydrogen) atoms. The molecule has 0 saturated heterocycles. The van der Waals surface area contributed by atoms with Crippen LogP contribution in [0.3, 0.4) is 0 Å². The van der Waals surface area contributed by atoms with Crippen LogP contribution in [0.1, 0.15) is 11.3 Å². The van der Waals surface area contributed by atoms with Crippen molar-refractivity contribution in [2.75, 3.05) is 0 Å². The number of aliphatic hydroxyl groups is 1. The average Bonchev–Trinajstić information content (AvgIpc) is 2.69. The number of aliphatic hydroxyl groups excluding tert-OH is 1. The van der Waals surface area contributed by atoms with Crippen molar-refractivity contribution in [3.8, 4) is 0 Å². The van der Waals surface area contributed by atoms with E-state index in [1.54, 1.807) is 16.8 Å². The molecule has 0 aliphatic rings. The highest BCUT2D eigenvalue weighted by molar-refractivity contribution is 9.10. The zero-order chi connectivity index (χ0) is 13.1. The molecule has 0 amide bonds. The van der Waals surface area contributed by atoms with Crippen molar-refractivity contribution in [3.63, 3.8) is 0 Å². The first-order chi connectivity index (χ1) is 8.61. The lowest BCUT2D eigenvalue weighted by Gasteiger charge is -2.05. The van der Waals surface area contributed by atoms with Crippen LogP contribution in [0.4, 0.5) is 4.39 Å². The molecule has 0 spiro atoms. The second-order valence-corrected chi connectivity index (χ2v) is 5.63. The lowest BCUT2D eigenvalue weighted by Crippen LogP contribution is -1.97. The van der Waals surface area contributed by atoms with Gasteiger partial charge in [0, 0.05) is 17.3 Å². The van der Waals surface area contributed by atoms with Crippen molar-refractivity contribution < 1.29 is 9.50 Å². The lowest BCUT2D eigenvalue weighted by molar-refractivity contribution is 0.271. The predicted octanol–water partition coefficient (Wildman–Crippen LogP) is 3.11. The summed E-state index contributed by atoms with van der Waals surface area (Å²) >= 11 is 4.67. The van der Waals surface area contributed by atoms with Gasteiger partial charge in [-0.2, -0.15) is 0 Å². The molecule has 0 radical (unpaired) electrons. The largest absolute Gasteiger partial charge is 0.390 e. The van der Waals surface area contributed by atoms with Gasteiger partial charge in [-0.15, -0.1) is 0 Å². The maximum Gasteiger partial charge on any atom is 0.168 e. The number of benzene rings is 1. The van der Waals surface area contributed by atoms with E-state index in [-0.39, 0.29) is 12.4 Å². The van der Waals surface area contributed by atoms with E-state index in [1.165, 1.54) is 17.8 Å². The molecular weight excluding hydrogens is 319 g/mol. The third kappa shape index (κ3) is 2.93. The minimum Gasteiger partial charge on any atom is -0.390 e. The molecule has 2 rings (SSSR count). The minimum atomic E-state index is -0.228. The molecule has 0 atom stereocenters.